The normalized spacial score (nSPS) is 11.7. The molecular formula is C38H50N2O11. The highest BCUT2D eigenvalue weighted by molar-refractivity contribution is 5.94. The van der Waals surface area contributed by atoms with Crippen molar-refractivity contribution in [2.45, 2.75) is 52.0 Å². The Balaban J connectivity index is 0. The van der Waals surface area contributed by atoms with Gasteiger partial charge in [0.25, 0.3) is 0 Å². The Hall–Kier alpha value is -5.44. The van der Waals surface area contributed by atoms with E-state index in [1.165, 1.54) is 35.4 Å². The molecular weight excluding hydrogens is 660 g/mol. The Morgan fingerprint density at radius 2 is 0.784 bits per heavy atom. The maximum atomic E-state index is 12.1. The largest absolute Gasteiger partial charge is 0.546 e. The van der Waals surface area contributed by atoms with E-state index in [9.17, 15) is 29.4 Å². The topological polar surface area (TPSA) is 260 Å². The summed E-state index contributed by atoms with van der Waals surface area (Å²) in [5.74, 6) is -6.34. The van der Waals surface area contributed by atoms with Gasteiger partial charge in [0, 0.05) is 25.3 Å². The molecule has 4 rings (SSSR count). The zero-order valence-corrected chi connectivity index (χ0v) is 29.8. The molecule has 13 nitrogen and oxygen atoms in total. The molecule has 0 amide bonds. The maximum absolute atomic E-state index is 12.1. The molecule has 0 saturated heterocycles. The van der Waals surface area contributed by atoms with Crippen LogP contribution in [-0.2, 0) is 19.1 Å². The van der Waals surface area contributed by atoms with Gasteiger partial charge in [-0.3, -0.25) is 0 Å². The number of aliphatic hydroxyl groups excluding tert-OH is 2. The van der Waals surface area contributed by atoms with E-state index in [4.69, 9.17) is 19.7 Å². The van der Waals surface area contributed by atoms with E-state index in [-0.39, 0.29) is 16.6 Å². The molecule has 0 heterocycles. The van der Waals surface area contributed by atoms with Crippen LogP contribution in [0.4, 0.5) is 0 Å². The summed E-state index contributed by atoms with van der Waals surface area (Å²) >= 11 is 0. The number of carboxylic acids is 2. The summed E-state index contributed by atoms with van der Waals surface area (Å²) in [5.41, 5.74) is 12.1. The molecule has 0 bridgehead atoms. The molecule has 4 atom stereocenters. The molecule has 278 valence electrons. The molecule has 4 aromatic carbocycles. The van der Waals surface area contributed by atoms with Crippen molar-refractivity contribution in [3.8, 4) is 0 Å². The van der Waals surface area contributed by atoms with Gasteiger partial charge in [0.2, 0.25) is 0 Å². The Morgan fingerprint density at radius 1 is 0.529 bits per heavy atom. The molecule has 51 heavy (non-hydrogen) atoms. The molecule has 0 saturated carbocycles. The molecule has 0 aromatic heterocycles. The lowest BCUT2D eigenvalue weighted by molar-refractivity contribution is -0.420. The molecule has 0 aliphatic carbocycles. The van der Waals surface area contributed by atoms with Crippen molar-refractivity contribution in [3.63, 3.8) is 0 Å². The Labute approximate surface area is 298 Å². The number of ether oxygens (including phenoxy) is 2. The van der Waals surface area contributed by atoms with Crippen LogP contribution in [0.1, 0.15) is 68.9 Å². The van der Waals surface area contributed by atoms with E-state index in [0.717, 1.165) is 25.3 Å². The number of carbonyl (C=O) groups excluding carboxylic acids is 4. The SMILES string of the molecule is CO.CO.C[C@@H]([NH3+])c1ccccc1.C[C@@H]([NH3+])c1ccccc1.Cc1ccc(C(=O)O[C@@H](C(=O)[O-])[C@@H](OC(=O)c2ccc(C)cc2)C(=O)[O-])cc1.O. The number of benzene rings is 4. The lowest BCUT2D eigenvalue weighted by Crippen LogP contribution is -2.55. The van der Waals surface area contributed by atoms with Crippen LogP contribution in [0, 0.1) is 13.8 Å². The summed E-state index contributed by atoms with van der Waals surface area (Å²) in [6.45, 7) is 7.73. The molecule has 0 fully saturated rings. The van der Waals surface area contributed by atoms with Gasteiger partial charge in [-0.1, -0.05) is 96.1 Å². The van der Waals surface area contributed by atoms with Crippen molar-refractivity contribution >= 4 is 23.9 Å². The van der Waals surface area contributed by atoms with Gasteiger partial charge in [0.05, 0.1) is 23.1 Å². The molecule has 10 N–H and O–H groups in total. The van der Waals surface area contributed by atoms with Crippen LogP contribution in [-0.4, -0.2) is 66.0 Å². The van der Waals surface area contributed by atoms with Gasteiger partial charge in [-0.05, 0) is 52.0 Å². The average Bonchev–Trinajstić information content (AvgIpc) is 3.13. The fraction of sp³-hybridized carbons (Fsp3) is 0.263. The predicted molar refractivity (Wildman–Crippen MR) is 186 cm³/mol. The highest BCUT2D eigenvalue weighted by Crippen LogP contribution is 2.13. The minimum Gasteiger partial charge on any atom is -0.546 e. The molecule has 0 spiro atoms. The van der Waals surface area contributed by atoms with Crippen LogP contribution < -0.4 is 21.7 Å². The number of esters is 2. The molecule has 0 radical (unpaired) electrons. The predicted octanol–water partition coefficient (Wildman–Crippen LogP) is -0.0745. The zero-order chi connectivity index (χ0) is 38.2. The summed E-state index contributed by atoms with van der Waals surface area (Å²) in [4.78, 5) is 47.0. The third-order valence-electron chi connectivity index (χ3n) is 6.52. The highest BCUT2D eigenvalue weighted by Gasteiger charge is 2.32. The monoisotopic (exact) mass is 710 g/mol. The third kappa shape index (κ3) is 18.2. The zero-order valence-electron chi connectivity index (χ0n) is 29.8. The van der Waals surface area contributed by atoms with Gasteiger partial charge in [0.1, 0.15) is 12.1 Å². The quantitative estimate of drug-likeness (QED) is 0.168. The summed E-state index contributed by atoms with van der Waals surface area (Å²) in [6.07, 6.45) is -4.79. The first-order valence-electron chi connectivity index (χ1n) is 15.4. The van der Waals surface area contributed by atoms with Crippen molar-refractivity contribution in [3.05, 3.63) is 143 Å². The number of carboxylic acid groups (broad SMARTS) is 2. The third-order valence-corrected chi connectivity index (χ3v) is 6.52. The van der Waals surface area contributed by atoms with E-state index in [2.05, 4.69) is 49.6 Å². The second-order valence-corrected chi connectivity index (χ2v) is 10.6. The van der Waals surface area contributed by atoms with Crippen LogP contribution in [0.5, 0.6) is 0 Å². The summed E-state index contributed by atoms with van der Waals surface area (Å²) in [7, 11) is 2.00. The molecule has 0 unspecified atom stereocenters. The fourth-order valence-corrected chi connectivity index (χ4v) is 3.78. The standard InChI is InChI=1S/C20H18O8.2C8H11N.2CH4O.H2O/c1-11-3-7-13(8-4-11)19(25)27-15(17(21)22)16(18(23)24)28-20(26)14-9-5-12(2)6-10-14;2*1-7(9)8-5-3-2-4-6-8;2*1-2;/h3-10,15-16H,1-2H3,(H,21,22)(H,23,24);2*2-7H,9H2,1H3;2*2H,1H3;1H2/t15-,16-;2*7-;;;/m111.../s1. The Kier molecular flexibility index (Phi) is 24.7. The minimum absolute atomic E-state index is 0. The maximum Gasteiger partial charge on any atom is 0.338 e. The van der Waals surface area contributed by atoms with Gasteiger partial charge >= 0.3 is 11.9 Å². The van der Waals surface area contributed by atoms with Crippen LogP contribution in [0.15, 0.2) is 109 Å². The van der Waals surface area contributed by atoms with Gasteiger partial charge in [-0.2, -0.15) is 0 Å². The number of hydrogen-bond acceptors (Lipinski definition) is 10. The van der Waals surface area contributed by atoms with Crippen molar-refractivity contribution in [1.29, 1.82) is 0 Å². The van der Waals surface area contributed by atoms with Gasteiger partial charge in [-0.15, -0.1) is 0 Å². The van der Waals surface area contributed by atoms with Crippen LogP contribution in [0.25, 0.3) is 0 Å². The summed E-state index contributed by atoms with van der Waals surface area (Å²) < 4.78 is 9.44. The van der Waals surface area contributed by atoms with Crippen LogP contribution >= 0.6 is 0 Å². The first kappa shape index (κ1) is 47.7. The van der Waals surface area contributed by atoms with Gasteiger partial charge in [0.15, 0.2) is 12.2 Å². The van der Waals surface area contributed by atoms with Crippen molar-refractivity contribution in [1.82, 2.24) is 0 Å². The van der Waals surface area contributed by atoms with Gasteiger partial charge < -0.3 is 56.4 Å². The van der Waals surface area contributed by atoms with E-state index >= 15 is 0 Å². The number of aryl methyl sites for hydroxylation is 2. The number of hydrogen-bond donors (Lipinski definition) is 4. The second-order valence-electron chi connectivity index (χ2n) is 10.6. The van der Waals surface area contributed by atoms with Crippen LogP contribution in [0.3, 0.4) is 0 Å². The number of quaternary nitrogens is 2. The van der Waals surface area contributed by atoms with Crippen molar-refractivity contribution < 1.29 is 66.0 Å². The second kappa shape index (κ2) is 26.4. The van der Waals surface area contributed by atoms with E-state index in [0.29, 0.717) is 12.1 Å². The van der Waals surface area contributed by atoms with Gasteiger partial charge in [-0.25, -0.2) is 9.59 Å². The minimum atomic E-state index is -2.40. The number of aliphatic hydroxyl groups is 2. The fourth-order valence-electron chi connectivity index (χ4n) is 3.78. The molecule has 13 heteroatoms. The summed E-state index contributed by atoms with van der Waals surface area (Å²) in [6, 6.07) is 33.2. The molecule has 0 aliphatic heterocycles. The smallest absolute Gasteiger partial charge is 0.338 e. The number of carbonyl (C=O) groups is 4. The average molecular weight is 711 g/mol. The van der Waals surface area contributed by atoms with Crippen LogP contribution in [0.2, 0.25) is 0 Å². The van der Waals surface area contributed by atoms with Crippen molar-refractivity contribution in [2.75, 3.05) is 14.2 Å². The number of rotatable bonds is 9. The van der Waals surface area contributed by atoms with Crippen molar-refractivity contribution in [2.24, 2.45) is 0 Å². The lowest BCUT2D eigenvalue weighted by atomic mass is 10.1. The van der Waals surface area contributed by atoms with E-state index in [1.807, 2.05) is 36.4 Å². The number of aliphatic carboxylic acids is 2. The Morgan fingerprint density at radius 3 is 0.980 bits per heavy atom. The molecule has 4 aromatic rings. The van der Waals surface area contributed by atoms with E-state index < -0.39 is 36.1 Å². The lowest BCUT2D eigenvalue weighted by Gasteiger charge is -2.28. The first-order chi connectivity index (χ1) is 23.8. The Bertz CT molecular complexity index is 1430. The van der Waals surface area contributed by atoms with E-state index in [1.54, 1.807) is 38.1 Å². The first-order valence-corrected chi connectivity index (χ1v) is 15.4. The molecule has 0 aliphatic rings. The summed E-state index contributed by atoms with van der Waals surface area (Å²) in [5, 5.41) is 36.7. The highest BCUT2D eigenvalue weighted by atomic mass is 16.6.